The highest BCUT2D eigenvalue weighted by Crippen LogP contribution is 2.34. The highest BCUT2D eigenvalue weighted by Gasteiger charge is 2.29. The lowest BCUT2D eigenvalue weighted by atomic mass is 9.95. The number of hydrogen-bond donors (Lipinski definition) is 2. The molecule has 0 saturated carbocycles. The molecule has 1 aromatic carbocycles. The molecule has 3 rings (SSSR count). The zero-order valence-corrected chi connectivity index (χ0v) is 13.1. The second-order valence-electron chi connectivity index (χ2n) is 5.95. The van der Waals surface area contributed by atoms with E-state index in [1.54, 1.807) is 25.1 Å². The molecule has 1 aromatic rings. The number of nitrogens with one attached hydrogen (secondary N) is 1. The Hall–Kier alpha value is -2.28. The van der Waals surface area contributed by atoms with E-state index in [1.807, 2.05) is 4.90 Å². The Kier molecular flexibility index (Phi) is 4.38. The number of carbonyl (C=O) groups is 2. The van der Waals surface area contributed by atoms with Crippen LogP contribution in [0.3, 0.4) is 0 Å². The lowest BCUT2D eigenvalue weighted by Gasteiger charge is -2.34. The molecule has 0 aliphatic carbocycles. The Morgan fingerprint density at radius 2 is 1.96 bits per heavy atom. The summed E-state index contributed by atoms with van der Waals surface area (Å²) >= 11 is 0. The second kappa shape index (κ2) is 6.45. The van der Waals surface area contributed by atoms with E-state index in [2.05, 4.69) is 5.32 Å². The van der Waals surface area contributed by atoms with Gasteiger partial charge in [-0.15, -0.1) is 0 Å². The van der Waals surface area contributed by atoms with Gasteiger partial charge in [-0.1, -0.05) is 0 Å². The fraction of sp³-hybridized carbons (Fsp3) is 0.500. The van der Waals surface area contributed by atoms with Gasteiger partial charge >= 0.3 is 0 Å². The summed E-state index contributed by atoms with van der Waals surface area (Å²) < 4.78 is 10.6. The van der Waals surface area contributed by atoms with Gasteiger partial charge in [0, 0.05) is 17.7 Å². The van der Waals surface area contributed by atoms with Crippen LogP contribution in [0.15, 0.2) is 18.2 Å². The molecule has 0 unspecified atom stereocenters. The average Bonchev–Trinajstić information content (AvgIpc) is 3.01. The van der Waals surface area contributed by atoms with Crippen molar-refractivity contribution in [1.29, 1.82) is 0 Å². The molecule has 2 aliphatic heterocycles. The number of amides is 2. The summed E-state index contributed by atoms with van der Waals surface area (Å²) in [6, 6.07) is 5.07. The first-order valence-electron chi connectivity index (χ1n) is 7.78. The first kappa shape index (κ1) is 15.6. The molecule has 0 radical (unpaired) electrons. The summed E-state index contributed by atoms with van der Waals surface area (Å²) in [6.07, 6.45) is 1.43. The zero-order chi connectivity index (χ0) is 16.4. The standard InChI is InChI=1S/C16H21N3O4/c1-10(15(17)20)19-6-4-11(5-7-19)16(21)18-12-2-3-13-14(8-12)23-9-22-13/h2-3,8,10-11H,4-7,9H2,1H3,(H2,17,20)(H,18,21)/t10-/m1/s1. The monoisotopic (exact) mass is 319 g/mol. The molecule has 0 bridgehead atoms. The van der Waals surface area contributed by atoms with Gasteiger partial charge in [0.05, 0.1) is 6.04 Å². The Balaban J connectivity index is 1.55. The first-order valence-corrected chi connectivity index (χ1v) is 7.78. The largest absolute Gasteiger partial charge is 0.454 e. The molecule has 3 N–H and O–H groups in total. The van der Waals surface area contributed by atoms with Crippen LogP contribution in [0.1, 0.15) is 19.8 Å². The fourth-order valence-corrected chi connectivity index (χ4v) is 2.95. The second-order valence-corrected chi connectivity index (χ2v) is 5.95. The van der Waals surface area contributed by atoms with Gasteiger partial charge in [-0.3, -0.25) is 14.5 Å². The third-order valence-corrected chi connectivity index (χ3v) is 4.50. The number of piperidine rings is 1. The minimum Gasteiger partial charge on any atom is -0.454 e. The number of hydrogen-bond acceptors (Lipinski definition) is 5. The Labute approximate surface area is 134 Å². The number of fused-ring (bicyclic) bond motifs is 1. The fourth-order valence-electron chi connectivity index (χ4n) is 2.95. The van der Waals surface area contributed by atoms with Crippen LogP contribution in [0.25, 0.3) is 0 Å². The number of benzene rings is 1. The van der Waals surface area contributed by atoms with Gasteiger partial charge in [-0.2, -0.15) is 0 Å². The summed E-state index contributed by atoms with van der Waals surface area (Å²) in [5.41, 5.74) is 6.03. The molecule has 1 atom stereocenters. The molecular weight excluding hydrogens is 298 g/mol. The van der Waals surface area contributed by atoms with Crippen molar-refractivity contribution in [3.63, 3.8) is 0 Å². The van der Waals surface area contributed by atoms with Crippen molar-refractivity contribution in [2.75, 3.05) is 25.2 Å². The molecule has 0 aromatic heterocycles. The number of carbonyl (C=O) groups excluding carboxylic acids is 2. The SMILES string of the molecule is C[C@H](C(N)=O)N1CCC(C(=O)Nc2ccc3c(c2)OCO3)CC1. The van der Waals surface area contributed by atoms with Crippen LogP contribution in [-0.4, -0.2) is 42.6 Å². The number of nitrogens with zero attached hydrogens (tertiary/aromatic N) is 1. The summed E-state index contributed by atoms with van der Waals surface area (Å²) in [7, 11) is 0. The van der Waals surface area contributed by atoms with Crippen LogP contribution >= 0.6 is 0 Å². The van der Waals surface area contributed by atoms with Crippen molar-refractivity contribution in [3.8, 4) is 11.5 Å². The molecule has 7 nitrogen and oxygen atoms in total. The molecule has 2 amide bonds. The van der Waals surface area contributed by atoms with Crippen molar-refractivity contribution < 1.29 is 19.1 Å². The number of ether oxygens (including phenoxy) is 2. The van der Waals surface area contributed by atoms with Crippen molar-refractivity contribution in [1.82, 2.24) is 4.90 Å². The van der Waals surface area contributed by atoms with Crippen molar-refractivity contribution in [2.24, 2.45) is 11.7 Å². The van der Waals surface area contributed by atoms with E-state index in [0.29, 0.717) is 43.1 Å². The van der Waals surface area contributed by atoms with Gasteiger partial charge in [0.1, 0.15) is 0 Å². The summed E-state index contributed by atoms with van der Waals surface area (Å²) in [6.45, 7) is 3.41. The smallest absolute Gasteiger partial charge is 0.234 e. The minimum atomic E-state index is -0.326. The van der Waals surface area contributed by atoms with E-state index < -0.39 is 0 Å². The molecule has 0 spiro atoms. The highest BCUT2D eigenvalue weighted by atomic mass is 16.7. The zero-order valence-electron chi connectivity index (χ0n) is 13.1. The molecule has 2 heterocycles. The van der Waals surface area contributed by atoms with Gasteiger partial charge in [-0.25, -0.2) is 0 Å². The number of anilines is 1. The number of likely N-dealkylation sites (tertiary alicyclic amines) is 1. The van der Waals surface area contributed by atoms with Crippen LogP contribution in [0.4, 0.5) is 5.69 Å². The lowest BCUT2D eigenvalue weighted by molar-refractivity contribution is -0.124. The first-order chi connectivity index (χ1) is 11.0. The van der Waals surface area contributed by atoms with E-state index in [9.17, 15) is 9.59 Å². The Bertz CT molecular complexity index is 611. The van der Waals surface area contributed by atoms with Crippen LogP contribution in [0.5, 0.6) is 11.5 Å². The molecular formula is C16H21N3O4. The summed E-state index contributed by atoms with van der Waals surface area (Å²) in [4.78, 5) is 25.6. The van der Waals surface area contributed by atoms with Gasteiger partial charge in [0.2, 0.25) is 18.6 Å². The number of rotatable bonds is 4. The van der Waals surface area contributed by atoms with Gasteiger partial charge in [-0.05, 0) is 45.0 Å². The third-order valence-electron chi connectivity index (χ3n) is 4.50. The predicted octanol–water partition coefficient (Wildman–Crippen LogP) is 0.940. The molecule has 1 fully saturated rings. The predicted molar refractivity (Wildman–Crippen MR) is 84.1 cm³/mol. The maximum absolute atomic E-state index is 12.4. The topological polar surface area (TPSA) is 93.9 Å². The van der Waals surface area contributed by atoms with E-state index in [1.165, 1.54) is 0 Å². The van der Waals surface area contributed by atoms with Crippen LogP contribution in [-0.2, 0) is 9.59 Å². The minimum absolute atomic E-state index is 0.00440. The average molecular weight is 319 g/mol. The van der Waals surface area contributed by atoms with Crippen LogP contribution < -0.4 is 20.5 Å². The molecule has 2 aliphatic rings. The van der Waals surface area contributed by atoms with E-state index in [0.717, 1.165) is 0 Å². The quantitative estimate of drug-likeness (QED) is 0.861. The van der Waals surface area contributed by atoms with Gasteiger partial charge in [0.15, 0.2) is 11.5 Å². The van der Waals surface area contributed by atoms with Crippen LogP contribution in [0, 0.1) is 5.92 Å². The highest BCUT2D eigenvalue weighted by molar-refractivity contribution is 5.93. The molecule has 124 valence electrons. The third kappa shape index (κ3) is 3.39. The number of nitrogens with two attached hydrogens (primary N) is 1. The summed E-state index contributed by atoms with van der Waals surface area (Å²) in [5.74, 6) is 0.949. The lowest BCUT2D eigenvalue weighted by Crippen LogP contribution is -2.47. The van der Waals surface area contributed by atoms with E-state index >= 15 is 0 Å². The Morgan fingerprint density at radius 1 is 1.26 bits per heavy atom. The van der Waals surface area contributed by atoms with Crippen LogP contribution in [0.2, 0.25) is 0 Å². The van der Waals surface area contributed by atoms with Crippen molar-refractivity contribution in [2.45, 2.75) is 25.8 Å². The van der Waals surface area contributed by atoms with Gasteiger partial charge in [0.25, 0.3) is 0 Å². The van der Waals surface area contributed by atoms with Crippen molar-refractivity contribution >= 4 is 17.5 Å². The van der Waals surface area contributed by atoms with E-state index in [-0.39, 0.29) is 30.6 Å². The molecule has 1 saturated heterocycles. The van der Waals surface area contributed by atoms with Gasteiger partial charge < -0.3 is 20.5 Å². The summed E-state index contributed by atoms with van der Waals surface area (Å²) in [5, 5.41) is 2.92. The maximum Gasteiger partial charge on any atom is 0.234 e. The molecule has 7 heteroatoms. The maximum atomic E-state index is 12.4. The normalized spacial score (nSPS) is 19.3. The van der Waals surface area contributed by atoms with Crippen molar-refractivity contribution in [3.05, 3.63) is 18.2 Å². The van der Waals surface area contributed by atoms with E-state index in [4.69, 9.17) is 15.2 Å². The Morgan fingerprint density at radius 3 is 2.65 bits per heavy atom. The molecule has 23 heavy (non-hydrogen) atoms. The number of primary amides is 1.